The molecule has 1 aromatic heterocycles. The van der Waals surface area contributed by atoms with Gasteiger partial charge in [0, 0.05) is 21.0 Å². The van der Waals surface area contributed by atoms with Crippen molar-refractivity contribution in [3.05, 3.63) is 83.3 Å². The van der Waals surface area contributed by atoms with Crippen molar-refractivity contribution in [2.45, 2.75) is 0 Å². The molecule has 23 heavy (non-hydrogen) atoms. The second-order valence-corrected chi connectivity index (χ2v) is 6.21. The van der Waals surface area contributed by atoms with Crippen LogP contribution in [0.15, 0.2) is 83.3 Å². The van der Waals surface area contributed by atoms with Crippen LogP contribution in [-0.4, -0.2) is 9.97 Å². The largest absolute Gasteiger partial charge is 0.228 e. The van der Waals surface area contributed by atoms with Crippen molar-refractivity contribution < 1.29 is 0 Å². The van der Waals surface area contributed by atoms with Gasteiger partial charge in [-0.2, -0.15) is 0 Å². The minimum atomic E-state index is 0.745. The summed E-state index contributed by atoms with van der Waals surface area (Å²) in [6.45, 7) is 0. The van der Waals surface area contributed by atoms with Crippen LogP contribution >= 0.6 is 15.9 Å². The normalized spacial score (nSPS) is 10.8. The molecule has 0 atom stereocenters. The molecule has 0 saturated carbocycles. The summed E-state index contributed by atoms with van der Waals surface area (Å²) in [5.41, 5.74) is 4.01. The first-order chi connectivity index (χ1) is 11.3. The Balaban J connectivity index is 2.03. The van der Waals surface area contributed by atoms with Gasteiger partial charge in [0.1, 0.15) is 0 Å². The van der Waals surface area contributed by atoms with E-state index in [1.54, 1.807) is 0 Å². The number of hydrogen-bond donors (Lipinski definition) is 0. The zero-order valence-electron chi connectivity index (χ0n) is 12.3. The molecule has 110 valence electrons. The van der Waals surface area contributed by atoms with Gasteiger partial charge in [-0.25, -0.2) is 9.97 Å². The van der Waals surface area contributed by atoms with E-state index in [2.05, 4.69) is 34.1 Å². The van der Waals surface area contributed by atoms with Crippen LogP contribution in [0.3, 0.4) is 0 Å². The van der Waals surface area contributed by atoms with Crippen LogP contribution in [0.5, 0.6) is 0 Å². The van der Waals surface area contributed by atoms with E-state index < -0.39 is 0 Å². The van der Waals surface area contributed by atoms with Gasteiger partial charge >= 0.3 is 0 Å². The van der Waals surface area contributed by atoms with E-state index in [0.29, 0.717) is 0 Å². The van der Waals surface area contributed by atoms with Crippen molar-refractivity contribution in [3.8, 4) is 22.6 Å². The molecular weight excluding hydrogens is 348 g/mol. The molecule has 0 bridgehead atoms. The predicted octanol–water partition coefficient (Wildman–Crippen LogP) is 5.73. The molecule has 0 radical (unpaired) electrons. The highest BCUT2D eigenvalue weighted by Gasteiger charge is 2.11. The third-order valence-corrected chi connectivity index (χ3v) is 4.23. The van der Waals surface area contributed by atoms with Crippen LogP contribution in [0.2, 0.25) is 0 Å². The highest BCUT2D eigenvalue weighted by molar-refractivity contribution is 9.10. The summed E-state index contributed by atoms with van der Waals surface area (Å²) in [5.74, 6) is 0.745. The predicted molar refractivity (Wildman–Crippen MR) is 98.1 cm³/mol. The van der Waals surface area contributed by atoms with E-state index in [1.807, 2.05) is 60.7 Å². The first kappa shape index (κ1) is 14.1. The molecule has 4 rings (SSSR count). The maximum Gasteiger partial charge on any atom is 0.160 e. The third kappa shape index (κ3) is 2.76. The van der Waals surface area contributed by atoms with E-state index >= 15 is 0 Å². The number of benzene rings is 3. The number of fused-ring (bicyclic) bond motifs is 1. The lowest BCUT2D eigenvalue weighted by atomic mass is 10.1. The van der Waals surface area contributed by atoms with E-state index in [9.17, 15) is 0 Å². The molecule has 0 aliphatic rings. The minimum absolute atomic E-state index is 0.745. The van der Waals surface area contributed by atoms with Gasteiger partial charge in [0.15, 0.2) is 5.82 Å². The lowest BCUT2D eigenvalue weighted by Crippen LogP contribution is -1.95. The summed E-state index contributed by atoms with van der Waals surface area (Å²) in [6.07, 6.45) is 0. The molecule has 3 aromatic carbocycles. The van der Waals surface area contributed by atoms with E-state index in [0.717, 1.165) is 38.0 Å². The van der Waals surface area contributed by atoms with Crippen LogP contribution in [0.25, 0.3) is 33.5 Å². The van der Waals surface area contributed by atoms with Crippen LogP contribution < -0.4 is 0 Å². The Morgan fingerprint density at radius 1 is 0.652 bits per heavy atom. The van der Waals surface area contributed by atoms with Gasteiger partial charge in [-0.15, -0.1) is 0 Å². The monoisotopic (exact) mass is 360 g/mol. The fourth-order valence-electron chi connectivity index (χ4n) is 2.64. The number of rotatable bonds is 2. The van der Waals surface area contributed by atoms with Crippen molar-refractivity contribution >= 4 is 26.8 Å². The van der Waals surface area contributed by atoms with Crippen molar-refractivity contribution in [1.29, 1.82) is 0 Å². The Morgan fingerprint density at radius 3 is 2.00 bits per heavy atom. The second kappa shape index (κ2) is 5.94. The van der Waals surface area contributed by atoms with Crippen molar-refractivity contribution in [3.63, 3.8) is 0 Å². The van der Waals surface area contributed by atoms with Gasteiger partial charge in [0.2, 0.25) is 0 Å². The highest BCUT2D eigenvalue weighted by Crippen LogP contribution is 2.30. The molecule has 0 amide bonds. The molecule has 0 aliphatic carbocycles. The highest BCUT2D eigenvalue weighted by atomic mass is 79.9. The van der Waals surface area contributed by atoms with Crippen LogP contribution in [0.1, 0.15) is 0 Å². The number of nitrogens with zero attached hydrogens (tertiary/aromatic N) is 2. The Bertz CT molecular complexity index is 967. The smallest absolute Gasteiger partial charge is 0.160 e. The summed E-state index contributed by atoms with van der Waals surface area (Å²) in [4.78, 5) is 9.60. The standard InChI is InChI=1S/C20H13BrN2/c21-16-11-12-17-18(13-16)22-20(15-9-5-2-6-10-15)23-19(17)14-7-3-1-4-8-14/h1-13H. The lowest BCUT2D eigenvalue weighted by molar-refractivity contribution is 1.23. The van der Waals surface area contributed by atoms with Crippen molar-refractivity contribution in [2.24, 2.45) is 0 Å². The van der Waals surface area contributed by atoms with E-state index in [4.69, 9.17) is 9.97 Å². The van der Waals surface area contributed by atoms with Crippen LogP contribution in [-0.2, 0) is 0 Å². The van der Waals surface area contributed by atoms with Crippen molar-refractivity contribution in [1.82, 2.24) is 9.97 Å². The van der Waals surface area contributed by atoms with Crippen molar-refractivity contribution in [2.75, 3.05) is 0 Å². The molecule has 0 saturated heterocycles. The fourth-order valence-corrected chi connectivity index (χ4v) is 2.98. The molecule has 1 heterocycles. The summed E-state index contributed by atoms with van der Waals surface area (Å²) >= 11 is 3.53. The van der Waals surface area contributed by atoms with Gasteiger partial charge in [0.05, 0.1) is 11.2 Å². The average Bonchev–Trinajstić information content (AvgIpc) is 2.62. The topological polar surface area (TPSA) is 25.8 Å². The Kier molecular flexibility index (Phi) is 3.64. The molecule has 3 heteroatoms. The molecule has 4 aromatic rings. The number of hydrogen-bond acceptors (Lipinski definition) is 2. The molecule has 0 N–H and O–H groups in total. The molecule has 2 nitrogen and oxygen atoms in total. The van der Waals surface area contributed by atoms with Gasteiger partial charge < -0.3 is 0 Å². The zero-order valence-corrected chi connectivity index (χ0v) is 13.9. The summed E-state index contributed by atoms with van der Waals surface area (Å²) in [5, 5.41) is 1.05. The third-order valence-electron chi connectivity index (χ3n) is 3.74. The number of halogens is 1. The zero-order chi connectivity index (χ0) is 15.6. The Labute approximate surface area is 143 Å². The SMILES string of the molecule is Brc1ccc2c(-c3ccccc3)nc(-c3ccccc3)nc2c1. The summed E-state index contributed by atoms with van der Waals surface area (Å²) < 4.78 is 1.02. The van der Waals surface area contributed by atoms with Crippen LogP contribution in [0, 0.1) is 0 Å². The molecule has 0 aliphatic heterocycles. The summed E-state index contributed by atoms with van der Waals surface area (Å²) in [7, 11) is 0. The van der Waals surface area contributed by atoms with Gasteiger partial charge in [-0.3, -0.25) is 0 Å². The summed E-state index contributed by atoms with van der Waals surface area (Å²) in [6, 6.07) is 26.5. The molecular formula is C20H13BrN2. The average molecular weight is 361 g/mol. The van der Waals surface area contributed by atoms with Crippen LogP contribution in [0.4, 0.5) is 0 Å². The molecule has 0 spiro atoms. The van der Waals surface area contributed by atoms with E-state index in [-0.39, 0.29) is 0 Å². The Morgan fingerprint density at radius 2 is 1.30 bits per heavy atom. The second-order valence-electron chi connectivity index (χ2n) is 5.29. The van der Waals surface area contributed by atoms with Gasteiger partial charge in [0.25, 0.3) is 0 Å². The van der Waals surface area contributed by atoms with Gasteiger partial charge in [-0.1, -0.05) is 76.6 Å². The first-order valence-electron chi connectivity index (χ1n) is 7.39. The quantitative estimate of drug-likeness (QED) is 0.456. The Hall–Kier alpha value is -2.52. The molecule has 0 unspecified atom stereocenters. The van der Waals surface area contributed by atoms with E-state index in [1.165, 1.54) is 0 Å². The maximum absolute atomic E-state index is 4.84. The minimum Gasteiger partial charge on any atom is -0.228 e. The lowest BCUT2D eigenvalue weighted by Gasteiger charge is -2.09. The first-order valence-corrected chi connectivity index (χ1v) is 8.19. The fraction of sp³-hybridized carbons (Fsp3) is 0. The maximum atomic E-state index is 4.84. The number of aromatic nitrogens is 2. The molecule has 0 fully saturated rings. The van der Waals surface area contributed by atoms with Gasteiger partial charge in [-0.05, 0) is 18.2 Å².